The fraction of sp³-hybridized carbons (Fsp3) is 0.769. The summed E-state index contributed by atoms with van der Waals surface area (Å²) in [5, 5.41) is 14.8. The Bertz CT molecular complexity index is 320. The molecule has 20 heavy (non-hydrogen) atoms. The van der Waals surface area contributed by atoms with Crippen molar-refractivity contribution < 1.29 is 29.3 Å². The first-order chi connectivity index (χ1) is 8.86. The maximum Gasteiger partial charge on any atom is 0.414 e. The van der Waals surface area contributed by atoms with E-state index in [1.807, 2.05) is 20.8 Å². The summed E-state index contributed by atoms with van der Waals surface area (Å²) in [5.74, 6) is -3.39. The molecule has 0 rings (SSSR count). The summed E-state index contributed by atoms with van der Waals surface area (Å²) >= 11 is 0. The number of aliphatic carboxylic acids is 2. The summed E-state index contributed by atoms with van der Waals surface area (Å²) in [6, 6.07) is 0.0857. The van der Waals surface area contributed by atoms with Crippen molar-refractivity contribution >= 4 is 17.9 Å². The summed E-state index contributed by atoms with van der Waals surface area (Å²) in [4.78, 5) is 29.5. The van der Waals surface area contributed by atoms with Crippen molar-refractivity contribution in [2.45, 2.75) is 59.1 Å². The standard InChI is InChI=1S/C11H23NO2.C2H2O4/c1-8(2)9(12)6-7-10(13)14-11(3,4)5;3-1(4)2(5)6/h8-9H,6-7,12H2,1-5H3;(H,3,4)(H,5,6). The second-order valence-corrected chi connectivity index (χ2v) is 5.64. The summed E-state index contributed by atoms with van der Waals surface area (Å²) in [6.07, 6.45) is 1.11. The molecule has 0 fully saturated rings. The van der Waals surface area contributed by atoms with Gasteiger partial charge in [0.25, 0.3) is 0 Å². The molecule has 0 bridgehead atoms. The molecule has 0 aromatic rings. The van der Waals surface area contributed by atoms with E-state index >= 15 is 0 Å². The Morgan fingerprint density at radius 3 is 1.75 bits per heavy atom. The fourth-order valence-corrected chi connectivity index (χ4v) is 1.01. The first kappa shape index (κ1) is 20.7. The topological polar surface area (TPSA) is 127 Å². The number of carbonyl (C=O) groups is 3. The summed E-state index contributed by atoms with van der Waals surface area (Å²) in [5.41, 5.74) is 5.43. The van der Waals surface area contributed by atoms with E-state index in [2.05, 4.69) is 13.8 Å². The van der Waals surface area contributed by atoms with Crippen LogP contribution >= 0.6 is 0 Å². The molecule has 118 valence electrons. The van der Waals surface area contributed by atoms with Gasteiger partial charge in [-0.25, -0.2) is 9.59 Å². The van der Waals surface area contributed by atoms with Gasteiger partial charge in [0.05, 0.1) is 0 Å². The Morgan fingerprint density at radius 1 is 1.10 bits per heavy atom. The largest absolute Gasteiger partial charge is 0.473 e. The molecule has 0 aliphatic rings. The Kier molecular flexibility index (Phi) is 9.62. The number of carboxylic acids is 2. The van der Waals surface area contributed by atoms with E-state index in [1.54, 1.807) is 0 Å². The van der Waals surface area contributed by atoms with Crippen molar-refractivity contribution in [3.63, 3.8) is 0 Å². The van der Waals surface area contributed by atoms with Gasteiger partial charge in [0.1, 0.15) is 5.60 Å². The molecule has 0 aromatic heterocycles. The van der Waals surface area contributed by atoms with Crippen molar-refractivity contribution in [3.8, 4) is 0 Å². The molecule has 1 atom stereocenters. The number of hydrogen-bond donors (Lipinski definition) is 3. The normalized spacial score (nSPS) is 12.2. The van der Waals surface area contributed by atoms with Gasteiger partial charge in [-0.15, -0.1) is 0 Å². The van der Waals surface area contributed by atoms with E-state index in [1.165, 1.54) is 0 Å². The zero-order chi connectivity index (χ0) is 16.5. The van der Waals surface area contributed by atoms with Crippen molar-refractivity contribution in [2.24, 2.45) is 11.7 Å². The lowest BCUT2D eigenvalue weighted by Crippen LogP contribution is -2.29. The lowest BCUT2D eigenvalue weighted by atomic mass is 10.0. The summed E-state index contributed by atoms with van der Waals surface area (Å²) < 4.78 is 5.17. The van der Waals surface area contributed by atoms with E-state index < -0.39 is 11.9 Å². The molecule has 0 radical (unpaired) electrons. The lowest BCUT2D eigenvalue weighted by molar-refractivity contribution is -0.159. The molecule has 0 aromatic carbocycles. The molecule has 4 N–H and O–H groups in total. The molecular formula is C13H25NO6. The van der Waals surface area contributed by atoms with E-state index in [9.17, 15) is 4.79 Å². The fourth-order valence-electron chi connectivity index (χ4n) is 1.01. The van der Waals surface area contributed by atoms with Crippen LogP contribution in [0.5, 0.6) is 0 Å². The van der Waals surface area contributed by atoms with E-state index in [-0.39, 0.29) is 17.6 Å². The maximum atomic E-state index is 11.3. The molecular weight excluding hydrogens is 266 g/mol. The molecule has 0 spiro atoms. The van der Waals surface area contributed by atoms with E-state index in [0.29, 0.717) is 18.8 Å². The molecule has 0 amide bonds. The quantitative estimate of drug-likeness (QED) is 0.525. The van der Waals surface area contributed by atoms with Crippen LogP contribution in [0.25, 0.3) is 0 Å². The van der Waals surface area contributed by atoms with Gasteiger partial charge < -0.3 is 20.7 Å². The highest BCUT2D eigenvalue weighted by atomic mass is 16.6. The Hall–Kier alpha value is -1.63. The van der Waals surface area contributed by atoms with Crippen LogP contribution in [0.4, 0.5) is 0 Å². The van der Waals surface area contributed by atoms with Crippen molar-refractivity contribution in [3.05, 3.63) is 0 Å². The number of carbonyl (C=O) groups excluding carboxylic acids is 1. The van der Waals surface area contributed by atoms with Crippen molar-refractivity contribution in [2.75, 3.05) is 0 Å². The number of ether oxygens (including phenoxy) is 1. The molecule has 0 aliphatic carbocycles. The van der Waals surface area contributed by atoms with Crippen LogP contribution in [0.2, 0.25) is 0 Å². The highest BCUT2D eigenvalue weighted by Crippen LogP contribution is 2.11. The zero-order valence-corrected chi connectivity index (χ0v) is 12.7. The highest BCUT2D eigenvalue weighted by molar-refractivity contribution is 6.27. The predicted octanol–water partition coefficient (Wildman–Crippen LogP) is 1.25. The molecule has 7 nitrogen and oxygen atoms in total. The number of hydrogen-bond acceptors (Lipinski definition) is 5. The van der Waals surface area contributed by atoms with Gasteiger partial charge in [0, 0.05) is 12.5 Å². The zero-order valence-electron chi connectivity index (χ0n) is 12.7. The molecule has 0 aliphatic heterocycles. The second kappa shape index (κ2) is 9.30. The van der Waals surface area contributed by atoms with Gasteiger partial charge in [-0.1, -0.05) is 13.8 Å². The van der Waals surface area contributed by atoms with Crippen LogP contribution in [0.3, 0.4) is 0 Å². The molecule has 0 saturated heterocycles. The third-order valence-corrected chi connectivity index (χ3v) is 2.14. The van der Waals surface area contributed by atoms with Crippen LogP contribution < -0.4 is 5.73 Å². The van der Waals surface area contributed by atoms with Crippen LogP contribution in [0.1, 0.15) is 47.5 Å². The van der Waals surface area contributed by atoms with Gasteiger partial charge in [0.15, 0.2) is 0 Å². The van der Waals surface area contributed by atoms with Gasteiger partial charge in [-0.2, -0.15) is 0 Å². The number of carboxylic acid groups (broad SMARTS) is 2. The van der Waals surface area contributed by atoms with Crippen LogP contribution in [0.15, 0.2) is 0 Å². The van der Waals surface area contributed by atoms with Crippen LogP contribution in [-0.4, -0.2) is 39.8 Å². The minimum Gasteiger partial charge on any atom is -0.473 e. The third-order valence-electron chi connectivity index (χ3n) is 2.14. The van der Waals surface area contributed by atoms with E-state index in [4.69, 9.17) is 30.3 Å². The van der Waals surface area contributed by atoms with Crippen LogP contribution in [0, 0.1) is 5.92 Å². The minimum atomic E-state index is -1.82. The SMILES string of the molecule is CC(C)C(N)CCC(=O)OC(C)(C)C.O=C(O)C(=O)O. The predicted molar refractivity (Wildman–Crippen MR) is 73.2 cm³/mol. The number of nitrogens with two attached hydrogens (primary N) is 1. The summed E-state index contributed by atoms with van der Waals surface area (Å²) in [6.45, 7) is 9.72. The van der Waals surface area contributed by atoms with Gasteiger partial charge >= 0.3 is 17.9 Å². The number of esters is 1. The molecule has 0 heterocycles. The van der Waals surface area contributed by atoms with Crippen molar-refractivity contribution in [1.29, 1.82) is 0 Å². The van der Waals surface area contributed by atoms with Crippen LogP contribution in [-0.2, 0) is 19.1 Å². The third kappa shape index (κ3) is 14.4. The highest BCUT2D eigenvalue weighted by Gasteiger charge is 2.17. The Balaban J connectivity index is 0. The lowest BCUT2D eigenvalue weighted by Gasteiger charge is -2.20. The smallest absolute Gasteiger partial charge is 0.414 e. The maximum absolute atomic E-state index is 11.3. The number of rotatable bonds is 4. The van der Waals surface area contributed by atoms with E-state index in [0.717, 1.165) is 0 Å². The summed E-state index contributed by atoms with van der Waals surface area (Å²) in [7, 11) is 0. The Labute approximate surface area is 119 Å². The first-order valence-corrected chi connectivity index (χ1v) is 6.30. The average molecular weight is 291 g/mol. The van der Waals surface area contributed by atoms with Gasteiger partial charge in [0.2, 0.25) is 0 Å². The Morgan fingerprint density at radius 2 is 1.50 bits per heavy atom. The van der Waals surface area contributed by atoms with Crippen molar-refractivity contribution in [1.82, 2.24) is 0 Å². The van der Waals surface area contributed by atoms with Gasteiger partial charge in [-0.3, -0.25) is 4.79 Å². The average Bonchev–Trinajstić information content (AvgIpc) is 2.23. The minimum absolute atomic E-state index is 0.0857. The first-order valence-electron chi connectivity index (χ1n) is 6.30. The second-order valence-electron chi connectivity index (χ2n) is 5.64. The molecule has 7 heteroatoms. The molecule has 1 unspecified atom stereocenters. The van der Waals surface area contributed by atoms with Gasteiger partial charge in [-0.05, 0) is 33.1 Å². The monoisotopic (exact) mass is 291 g/mol. The molecule has 0 saturated carbocycles.